The fraction of sp³-hybridized carbons (Fsp3) is 0.375. The number of rotatable bonds is 3. The highest BCUT2D eigenvalue weighted by atomic mass is 32.2. The number of aryl methyl sites for hydroxylation is 2. The highest BCUT2D eigenvalue weighted by Crippen LogP contribution is 1.97. The summed E-state index contributed by atoms with van der Waals surface area (Å²) < 4.78 is 32.8. The number of hydrogen-bond acceptors (Lipinski definition) is 3. The van der Waals surface area contributed by atoms with Gasteiger partial charge in [0, 0.05) is 17.4 Å². The first-order chi connectivity index (χ1) is 5.97. The Hall–Kier alpha value is -0.940. The van der Waals surface area contributed by atoms with E-state index in [-0.39, 0.29) is 12.2 Å². The summed E-state index contributed by atoms with van der Waals surface area (Å²) in [6, 6.07) is 3.61. The minimum atomic E-state index is -4.09. The van der Waals surface area contributed by atoms with Crippen LogP contribution in [0.25, 0.3) is 0 Å². The molecule has 0 atom stereocenters. The molecule has 5 heteroatoms. The lowest BCUT2D eigenvalue weighted by molar-refractivity contribution is -0.671. The molecule has 1 aromatic heterocycles. The quantitative estimate of drug-likeness (QED) is 0.494. The van der Waals surface area contributed by atoms with Gasteiger partial charge in [0.2, 0.25) is 0 Å². The summed E-state index contributed by atoms with van der Waals surface area (Å²) in [5, 5.41) is 0. The van der Waals surface area contributed by atoms with Crippen LogP contribution in [0.15, 0.2) is 24.5 Å². The molecule has 0 spiro atoms. The van der Waals surface area contributed by atoms with Crippen LogP contribution in [0.5, 0.6) is 0 Å². The summed E-state index contributed by atoms with van der Waals surface area (Å²) >= 11 is 0. The lowest BCUT2D eigenvalue weighted by Gasteiger charge is -2.04. The Morgan fingerprint density at radius 1 is 1.54 bits per heavy atom. The van der Waals surface area contributed by atoms with Gasteiger partial charge >= 0.3 is 0 Å². The summed E-state index contributed by atoms with van der Waals surface area (Å²) in [7, 11) is -2.25. The third-order valence-electron chi connectivity index (χ3n) is 1.64. The Balaban J connectivity index is 2.65. The van der Waals surface area contributed by atoms with E-state index in [0.717, 1.165) is 5.56 Å². The largest absolute Gasteiger partial charge is 0.748 e. The van der Waals surface area contributed by atoms with Crippen molar-refractivity contribution in [1.82, 2.24) is 0 Å². The maximum atomic E-state index is 10.3. The second-order valence-electron chi connectivity index (χ2n) is 2.89. The van der Waals surface area contributed by atoms with Crippen LogP contribution in [0, 0.1) is 0 Å². The number of hydrogen-bond donors (Lipinski definition) is 0. The molecular weight excluding hydrogens is 190 g/mol. The van der Waals surface area contributed by atoms with E-state index in [1.54, 1.807) is 12.3 Å². The zero-order valence-electron chi connectivity index (χ0n) is 7.30. The first-order valence-corrected chi connectivity index (χ1v) is 5.43. The molecule has 0 aromatic carbocycles. The van der Waals surface area contributed by atoms with Gasteiger partial charge in [0.25, 0.3) is 0 Å². The Kier molecular flexibility index (Phi) is 3.00. The molecule has 0 unspecified atom stereocenters. The molecule has 1 heterocycles. The van der Waals surface area contributed by atoms with Crippen molar-refractivity contribution in [2.24, 2.45) is 7.05 Å². The van der Waals surface area contributed by atoms with Crippen LogP contribution in [0.2, 0.25) is 0 Å². The van der Waals surface area contributed by atoms with E-state index < -0.39 is 10.1 Å². The van der Waals surface area contributed by atoms with Crippen molar-refractivity contribution >= 4 is 10.1 Å². The summed E-state index contributed by atoms with van der Waals surface area (Å²) in [5.41, 5.74) is 0.851. The molecule has 0 aliphatic rings. The molecular formula is C8H11NO3S. The Morgan fingerprint density at radius 2 is 2.23 bits per heavy atom. The van der Waals surface area contributed by atoms with Gasteiger partial charge in [-0.05, 0) is 12.5 Å². The monoisotopic (exact) mass is 201 g/mol. The highest BCUT2D eigenvalue weighted by molar-refractivity contribution is 7.85. The second-order valence-corrected chi connectivity index (χ2v) is 4.41. The molecule has 0 aliphatic heterocycles. The van der Waals surface area contributed by atoms with Crippen LogP contribution in [0.4, 0.5) is 0 Å². The van der Waals surface area contributed by atoms with Crippen molar-refractivity contribution in [3.05, 3.63) is 30.1 Å². The zero-order valence-corrected chi connectivity index (χ0v) is 8.12. The van der Waals surface area contributed by atoms with Gasteiger partial charge in [0.15, 0.2) is 12.4 Å². The molecule has 0 aliphatic carbocycles. The van der Waals surface area contributed by atoms with E-state index in [0.29, 0.717) is 0 Å². The van der Waals surface area contributed by atoms with Crippen molar-refractivity contribution in [1.29, 1.82) is 0 Å². The minimum absolute atomic E-state index is 0.278. The predicted octanol–water partition coefficient (Wildman–Crippen LogP) is -0.401. The van der Waals surface area contributed by atoms with Gasteiger partial charge < -0.3 is 4.55 Å². The van der Waals surface area contributed by atoms with E-state index >= 15 is 0 Å². The fourth-order valence-electron chi connectivity index (χ4n) is 1.04. The van der Waals surface area contributed by atoms with Gasteiger partial charge in [0.1, 0.15) is 7.05 Å². The molecule has 0 fully saturated rings. The highest BCUT2D eigenvalue weighted by Gasteiger charge is 2.00. The van der Waals surface area contributed by atoms with Crippen LogP contribution in [-0.2, 0) is 23.6 Å². The van der Waals surface area contributed by atoms with Gasteiger partial charge in [0.05, 0.1) is 10.1 Å². The Morgan fingerprint density at radius 3 is 2.77 bits per heavy atom. The average Bonchev–Trinajstić information content (AvgIpc) is 2.00. The Labute approximate surface area is 77.6 Å². The fourth-order valence-corrected chi connectivity index (χ4v) is 1.53. The smallest absolute Gasteiger partial charge is 0.171 e. The topological polar surface area (TPSA) is 61.1 Å². The number of pyridine rings is 1. The maximum absolute atomic E-state index is 10.3. The molecule has 0 saturated heterocycles. The van der Waals surface area contributed by atoms with Crippen molar-refractivity contribution in [3.8, 4) is 0 Å². The summed E-state index contributed by atoms with van der Waals surface area (Å²) in [4.78, 5) is 0. The van der Waals surface area contributed by atoms with Crippen LogP contribution < -0.4 is 4.57 Å². The molecule has 72 valence electrons. The second kappa shape index (κ2) is 3.85. The predicted molar refractivity (Wildman–Crippen MR) is 45.9 cm³/mol. The van der Waals surface area contributed by atoms with Crippen molar-refractivity contribution in [2.75, 3.05) is 5.75 Å². The average molecular weight is 201 g/mol. The minimum Gasteiger partial charge on any atom is -0.748 e. The lowest BCUT2D eigenvalue weighted by Crippen LogP contribution is -2.27. The molecule has 0 radical (unpaired) electrons. The zero-order chi connectivity index (χ0) is 9.90. The van der Waals surface area contributed by atoms with Crippen molar-refractivity contribution in [3.63, 3.8) is 0 Å². The Bertz CT molecular complexity index is 386. The van der Waals surface area contributed by atoms with Gasteiger partial charge in [-0.15, -0.1) is 0 Å². The van der Waals surface area contributed by atoms with Crippen molar-refractivity contribution in [2.45, 2.75) is 6.42 Å². The SMILES string of the molecule is C[n+]1cccc(CCS(=O)(=O)[O-])c1. The van der Waals surface area contributed by atoms with Gasteiger partial charge in [-0.3, -0.25) is 0 Å². The molecule has 0 amide bonds. The van der Waals surface area contributed by atoms with E-state index in [1.807, 2.05) is 23.9 Å². The molecule has 1 aromatic rings. The van der Waals surface area contributed by atoms with E-state index in [1.165, 1.54) is 0 Å². The third-order valence-corrected chi connectivity index (χ3v) is 2.35. The molecule has 13 heavy (non-hydrogen) atoms. The van der Waals surface area contributed by atoms with Crippen LogP contribution in [-0.4, -0.2) is 18.7 Å². The summed E-state index contributed by atoms with van der Waals surface area (Å²) in [6.07, 6.45) is 3.92. The van der Waals surface area contributed by atoms with E-state index in [4.69, 9.17) is 0 Å². The molecule has 0 bridgehead atoms. The van der Waals surface area contributed by atoms with Gasteiger partial charge in [-0.2, -0.15) is 0 Å². The van der Waals surface area contributed by atoms with Crippen LogP contribution in [0.3, 0.4) is 0 Å². The van der Waals surface area contributed by atoms with E-state index in [2.05, 4.69) is 0 Å². The van der Waals surface area contributed by atoms with Gasteiger partial charge in [-0.25, -0.2) is 13.0 Å². The number of aromatic nitrogens is 1. The first-order valence-electron chi connectivity index (χ1n) is 3.85. The first kappa shape index (κ1) is 10.1. The lowest BCUT2D eigenvalue weighted by atomic mass is 10.2. The summed E-state index contributed by atoms with van der Waals surface area (Å²) in [6.45, 7) is 0. The van der Waals surface area contributed by atoms with E-state index in [9.17, 15) is 13.0 Å². The van der Waals surface area contributed by atoms with Gasteiger partial charge in [-0.1, -0.05) is 0 Å². The van der Waals surface area contributed by atoms with Crippen LogP contribution in [0.1, 0.15) is 5.56 Å². The summed E-state index contributed by atoms with van der Waals surface area (Å²) in [5.74, 6) is -0.336. The maximum Gasteiger partial charge on any atom is 0.171 e. The van der Waals surface area contributed by atoms with Crippen LogP contribution >= 0.6 is 0 Å². The third kappa shape index (κ3) is 4.00. The van der Waals surface area contributed by atoms with Crippen molar-refractivity contribution < 1.29 is 17.5 Å². The molecule has 1 rings (SSSR count). The molecule has 0 N–H and O–H groups in total. The normalized spacial score (nSPS) is 11.5. The standard InChI is InChI=1S/C8H11NO3S/c1-9-5-2-3-8(7-9)4-6-13(10,11)12/h2-3,5,7H,4,6H2,1H3. The molecule has 4 nitrogen and oxygen atoms in total. The number of nitrogens with zero attached hydrogens (tertiary/aromatic N) is 1. The molecule has 0 saturated carbocycles.